The fourth-order valence-corrected chi connectivity index (χ4v) is 3.03. The lowest BCUT2D eigenvalue weighted by Gasteiger charge is -2.33. The molecule has 2 aromatic heterocycles. The predicted molar refractivity (Wildman–Crippen MR) is 70.1 cm³/mol. The van der Waals surface area contributed by atoms with Crippen molar-refractivity contribution in [1.29, 1.82) is 0 Å². The highest BCUT2D eigenvalue weighted by atomic mass is 16.5. The lowest BCUT2D eigenvalue weighted by atomic mass is 10.1. The smallest absolute Gasteiger partial charge is 0.160 e. The number of rotatable bonds is 1. The molecule has 2 aliphatic heterocycles. The van der Waals surface area contributed by atoms with Crippen molar-refractivity contribution < 1.29 is 4.74 Å². The van der Waals surface area contributed by atoms with Gasteiger partial charge in [-0.15, -0.1) is 0 Å². The number of nitrogens with one attached hydrogen (secondary N) is 1. The molecule has 0 radical (unpaired) electrons. The van der Waals surface area contributed by atoms with Gasteiger partial charge in [-0.05, 0) is 7.05 Å². The number of likely N-dealkylation sites (N-methyl/N-ethyl adjacent to an activating group) is 1. The van der Waals surface area contributed by atoms with E-state index in [2.05, 4.69) is 37.0 Å². The van der Waals surface area contributed by atoms with Crippen LogP contribution >= 0.6 is 0 Å². The van der Waals surface area contributed by atoms with Gasteiger partial charge < -0.3 is 9.64 Å². The van der Waals surface area contributed by atoms with Crippen LogP contribution in [0.25, 0.3) is 11.0 Å². The number of H-pyrrole nitrogens is 1. The zero-order valence-electron chi connectivity index (χ0n) is 10.8. The van der Waals surface area contributed by atoms with Gasteiger partial charge in [-0.2, -0.15) is 5.10 Å². The lowest BCUT2D eigenvalue weighted by molar-refractivity contribution is -0.0362. The maximum Gasteiger partial charge on any atom is 0.160 e. The average Bonchev–Trinajstić information content (AvgIpc) is 3.05. The molecule has 4 rings (SSSR count). The molecule has 0 saturated carbocycles. The third-order valence-electron chi connectivity index (χ3n) is 4.11. The van der Waals surface area contributed by atoms with Crippen molar-refractivity contribution in [3.63, 3.8) is 0 Å². The number of fused-ring (bicyclic) bond motifs is 2. The molecule has 0 amide bonds. The van der Waals surface area contributed by atoms with E-state index in [1.807, 2.05) is 0 Å². The summed E-state index contributed by atoms with van der Waals surface area (Å²) in [5, 5.41) is 7.90. The van der Waals surface area contributed by atoms with Gasteiger partial charge >= 0.3 is 0 Å². The van der Waals surface area contributed by atoms with Gasteiger partial charge in [0.1, 0.15) is 12.1 Å². The van der Waals surface area contributed by atoms with Crippen molar-refractivity contribution in [3.8, 4) is 0 Å². The van der Waals surface area contributed by atoms with Crippen LogP contribution in [0.5, 0.6) is 0 Å². The van der Waals surface area contributed by atoms with E-state index >= 15 is 0 Å². The van der Waals surface area contributed by atoms with Crippen LogP contribution < -0.4 is 4.90 Å². The molecular formula is C12H16N6O. The Balaban J connectivity index is 1.68. The van der Waals surface area contributed by atoms with Crippen LogP contribution in [0.3, 0.4) is 0 Å². The molecule has 100 valence electrons. The minimum atomic E-state index is 0.274. The van der Waals surface area contributed by atoms with Gasteiger partial charge in [0.15, 0.2) is 5.65 Å². The Morgan fingerprint density at radius 3 is 3.21 bits per heavy atom. The second-order valence-electron chi connectivity index (χ2n) is 5.19. The van der Waals surface area contributed by atoms with Crippen molar-refractivity contribution in [2.75, 3.05) is 38.2 Å². The number of ether oxygens (including phenoxy) is 1. The lowest BCUT2D eigenvalue weighted by Crippen LogP contribution is -2.48. The van der Waals surface area contributed by atoms with Gasteiger partial charge in [-0.25, -0.2) is 9.97 Å². The quantitative estimate of drug-likeness (QED) is 0.770. The Kier molecular flexibility index (Phi) is 2.42. The molecule has 0 aromatic carbocycles. The summed E-state index contributed by atoms with van der Waals surface area (Å²) in [5.41, 5.74) is 0.786. The Morgan fingerprint density at radius 2 is 2.32 bits per heavy atom. The highest BCUT2D eigenvalue weighted by Crippen LogP contribution is 2.28. The van der Waals surface area contributed by atoms with Crippen molar-refractivity contribution in [1.82, 2.24) is 25.1 Å². The van der Waals surface area contributed by atoms with Crippen LogP contribution in [0, 0.1) is 0 Å². The van der Waals surface area contributed by atoms with Crippen LogP contribution in [0.2, 0.25) is 0 Å². The summed E-state index contributed by atoms with van der Waals surface area (Å²) in [6.45, 7) is 3.64. The molecular weight excluding hydrogens is 244 g/mol. The Bertz CT molecular complexity index is 599. The molecule has 2 aromatic rings. The first-order chi connectivity index (χ1) is 9.33. The molecule has 2 fully saturated rings. The summed E-state index contributed by atoms with van der Waals surface area (Å²) in [6, 6.07) is 0.450. The number of morpholine rings is 1. The number of anilines is 1. The molecule has 2 saturated heterocycles. The molecule has 4 heterocycles. The van der Waals surface area contributed by atoms with Gasteiger partial charge in [0.05, 0.1) is 30.3 Å². The SMILES string of the molecule is CN1CCOC2CN(c3ncnc4[nH]ncc34)CC21. The van der Waals surface area contributed by atoms with Gasteiger partial charge in [0.25, 0.3) is 0 Å². The number of aromatic amines is 1. The number of hydrogen-bond donors (Lipinski definition) is 1. The zero-order valence-corrected chi connectivity index (χ0v) is 10.8. The second-order valence-corrected chi connectivity index (χ2v) is 5.19. The van der Waals surface area contributed by atoms with Gasteiger partial charge in [0, 0.05) is 19.6 Å². The van der Waals surface area contributed by atoms with E-state index in [1.165, 1.54) is 0 Å². The molecule has 0 spiro atoms. The summed E-state index contributed by atoms with van der Waals surface area (Å²) in [5.74, 6) is 0.949. The van der Waals surface area contributed by atoms with Crippen molar-refractivity contribution in [3.05, 3.63) is 12.5 Å². The van der Waals surface area contributed by atoms with Gasteiger partial charge in [0.2, 0.25) is 0 Å². The maximum atomic E-state index is 5.87. The molecule has 19 heavy (non-hydrogen) atoms. The molecule has 2 unspecified atom stereocenters. The van der Waals surface area contributed by atoms with Crippen molar-refractivity contribution in [2.24, 2.45) is 0 Å². The monoisotopic (exact) mass is 260 g/mol. The number of aromatic nitrogens is 4. The topological polar surface area (TPSA) is 70.2 Å². The third kappa shape index (κ3) is 1.69. The first-order valence-electron chi connectivity index (χ1n) is 6.54. The van der Waals surface area contributed by atoms with E-state index in [4.69, 9.17) is 4.74 Å². The molecule has 0 aliphatic carbocycles. The summed E-state index contributed by atoms with van der Waals surface area (Å²) >= 11 is 0. The first-order valence-corrected chi connectivity index (χ1v) is 6.54. The van der Waals surface area contributed by atoms with Gasteiger partial charge in [-0.1, -0.05) is 0 Å². The standard InChI is InChI=1S/C12H16N6O/c1-17-2-3-19-10-6-18(5-9(10)17)12-8-4-15-16-11(8)13-7-14-12/h4,7,9-10H,2-3,5-6H2,1H3,(H,13,14,15,16). The minimum absolute atomic E-state index is 0.274. The van der Waals surface area contributed by atoms with E-state index in [0.29, 0.717) is 6.04 Å². The highest BCUT2D eigenvalue weighted by Gasteiger charge is 2.39. The molecule has 1 N–H and O–H groups in total. The maximum absolute atomic E-state index is 5.87. The molecule has 0 bridgehead atoms. The van der Waals surface area contributed by atoms with Gasteiger partial charge in [-0.3, -0.25) is 10.00 Å². The van der Waals surface area contributed by atoms with Crippen LogP contribution in [0.4, 0.5) is 5.82 Å². The van der Waals surface area contributed by atoms with Crippen LogP contribution in [0.1, 0.15) is 0 Å². The average molecular weight is 260 g/mol. The summed E-state index contributed by atoms with van der Waals surface area (Å²) in [4.78, 5) is 13.3. The zero-order chi connectivity index (χ0) is 12.8. The predicted octanol–water partition coefficient (Wildman–Crippen LogP) is -0.128. The van der Waals surface area contributed by atoms with Crippen molar-refractivity contribution in [2.45, 2.75) is 12.1 Å². The highest BCUT2D eigenvalue weighted by molar-refractivity contribution is 5.86. The first kappa shape index (κ1) is 11.1. The Hall–Kier alpha value is -1.73. The number of nitrogens with zero attached hydrogens (tertiary/aromatic N) is 5. The van der Waals surface area contributed by atoms with E-state index < -0.39 is 0 Å². The summed E-state index contributed by atoms with van der Waals surface area (Å²) in [6.07, 6.45) is 3.65. The minimum Gasteiger partial charge on any atom is -0.373 e. The Labute approximate surface area is 110 Å². The van der Waals surface area contributed by atoms with E-state index in [9.17, 15) is 0 Å². The second kappa shape index (κ2) is 4.14. The van der Waals surface area contributed by atoms with E-state index in [-0.39, 0.29) is 6.10 Å². The largest absolute Gasteiger partial charge is 0.373 e. The van der Waals surface area contributed by atoms with Crippen molar-refractivity contribution >= 4 is 16.9 Å². The Morgan fingerprint density at radius 1 is 1.37 bits per heavy atom. The van der Waals surface area contributed by atoms with Crippen LogP contribution in [0.15, 0.2) is 12.5 Å². The summed E-state index contributed by atoms with van der Waals surface area (Å²) in [7, 11) is 2.16. The van der Waals surface area contributed by atoms with E-state index in [0.717, 1.165) is 43.1 Å². The third-order valence-corrected chi connectivity index (χ3v) is 4.11. The molecule has 7 heteroatoms. The molecule has 2 aliphatic rings. The van der Waals surface area contributed by atoms with E-state index in [1.54, 1.807) is 12.5 Å². The summed E-state index contributed by atoms with van der Waals surface area (Å²) < 4.78 is 5.87. The normalized spacial score (nSPS) is 27.9. The van der Waals surface area contributed by atoms with Crippen LogP contribution in [-0.2, 0) is 4.74 Å². The molecule has 2 atom stereocenters. The molecule has 7 nitrogen and oxygen atoms in total. The number of hydrogen-bond acceptors (Lipinski definition) is 6. The van der Waals surface area contributed by atoms with Crippen LogP contribution in [-0.4, -0.2) is 70.5 Å². The fraction of sp³-hybridized carbons (Fsp3) is 0.583. The fourth-order valence-electron chi connectivity index (χ4n) is 3.03.